The first-order valence-corrected chi connectivity index (χ1v) is 4.85. The number of β-amino-alcohol motifs (C(OH)–C–C–N with tert-alkyl or cyclic N) is 1. The van der Waals surface area contributed by atoms with Gasteiger partial charge in [0, 0.05) is 19.2 Å². The van der Waals surface area contributed by atoms with E-state index in [4.69, 9.17) is 4.74 Å². The van der Waals surface area contributed by atoms with Crippen molar-refractivity contribution in [1.82, 2.24) is 5.32 Å². The van der Waals surface area contributed by atoms with E-state index in [-0.39, 0.29) is 6.10 Å². The summed E-state index contributed by atoms with van der Waals surface area (Å²) in [6.45, 7) is 2.57. The van der Waals surface area contributed by atoms with E-state index in [1.807, 2.05) is 0 Å². The van der Waals surface area contributed by atoms with Crippen LogP contribution >= 0.6 is 0 Å². The van der Waals surface area contributed by atoms with Crippen molar-refractivity contribution in [2.75, 3.05) is 19.8 Å². The van der Waals surface area contributed by atoms with Crippen LogP contribution in [0.1, 0.15) is 19.3 Å². The Kier molecular flexibility index (Phi) is 2.63. The third-order valence-electron chi connectivity index (χ3n) is 2.91. The van der Waals surface area contributed by atoms with Crippen LogP contribution in [-0.4, -0.2) is 37.0 Å². The highest BCUT2D eigenvalue weighted by atomic mass is 16.5. The first-order valence-electron chi connectivity index (χ1n) is 4.85. The van der Waals surface area contributed by atoms with Crippen LogP contribution in [0.5, 0.6) is 0 Å². The van der Waals surface area contributed by atoms with Gasteiger partial charge >= 0.3 is 0 Å². The fourth-order valence-electron chi connectivity index (χ4n) is 2.19. The summed E-state index contributed by atoms with van der Waals surface area (Å²) < 4.78 is 5.41. The fraction of sp³-hybridized carbons (Fsp3) is 1.00. The van der Waals surface area contributed by atoms with Gasteiger partial charge in [0.2, 0.25) is 0 Å². The van der Waals surface area contributed by atoms with E-state index in [1.54, 1.807) is 0 Å². The minimum Gasteiger partial charge on any atom is -0.392 e. The van der Waals surface area contributed by atoms with Crippen molar-refractivity contribution < 1.29 is 9.84 Å². The smallest absolute Gasteiger partial charge is 0.0679 e. The molecule has 0 bridgehead atoms. The van der Waals surface area contributed by atoms with Crippen molar-refractivity contribution in [3.05, 3.63) is 0 Å². The predicted octanol–water partition coefficient (Wildman–Crippen LogP) is 0.136. The topological polar surface area (TPSA) is 41.5 Å². The van der Waals surface area contributed by atoms with Gasteiger partial charge in [-0.2, -0.15) is 0 Å². The van der Waals surface area contributed by atoms with E-state index in [1.165, 1.54) is 12.8 Å². The van der Waals surface area contributed by atoms with E-state index in [0.29, 0.717) is 12.0 Å². The normalized spacial score (nSPS) is 43.2. The standard InChI is InChI=1S/C9H17NO2/c11-8-4-9(10-5-8)7-2-1-3-12-6-7/h7-11H,1-6H2. The van der Waals surface area contributed by atoms with Gasteiger partial charge in [-0.1, -0.05) is 0 Å². The monoisotopic (exact) mass is 171 g/mol. The lowest BCUT2D eigenvalue weighted by Crippen LogP contribution is -2.35. The fourth-order valence-corrected chi connectivity index (χ4v) is 2.19. The molecule has 70 valence electrons. The molecule has 12 heavy (non-hydrogen) atoms. The number of rotatable bonds is 1. The van der Waals surface area contributed by atoms with Crippen molar-refractivity contribution in [1.29, 1.82) is 0 Å². The molecule has 3 unspecified atom stereocenters. The average Bonchev–Trinajstić information content (AvgIpc) is 2.54. The van der Waals surface area contributed by atoms with Gasteiger partial charge in [0.25, 0.3) is 0 Å². The Morgan fingerprint density at radius 2 is 2.33 bits per heavy atom. The Morgan fingerprint density at radius 1 is 1.42 bits per heavy atom. The maximum Gasteiger partial charge on any atom is 0.0679 e. The second-order valence-corrected chi connectivity index (χ2v) is 3.88. The number of hydrogen-bond acceptors (Lipinski definition) is 3. The van der Waals surface area contributed by atoms with Crippen molar-refractivity contribution in [2.45, 2.75) is 31.4 Å². The predicted molar refractivity (Wildman–Crippen MR) is 46.0 cm³/mol. The summed E-state index contributed by atoms with van der Waals surface area (Å²) in [4.78, 5) is 0. The second-order valence-electron chi connectivity index (χ2n) is 3.88. The maximum atomic E-state index is 9.33. The number of aliphatic hydroxyl groups is 1. The number of nitrogens with one attached hydrogen (secondary N) is 1. The van der Waals surface area contributed by atoms with Crippen LogP contribution in [0.4, 0.5) is 0 Å². The van der Waals surface area contributed by atoms with Crippen LogP contribution in [0.15, 0.2) is 0 Å². The maximum absolute atomic E-state index is 9.33. The summed E-state index contributed by atoms with van der Waals surface area (Å²) in [7, 11) is 0. The van der Waals surface area contributed by atoms with Crippen LogP contribution in [0.25, 0.3) is 0 Å². The molecular weight excluding hydrogens is 154 g/mol. The van der Waals surface area contributed by atoms with Gasteiger partial charge in [0.05, 0.1) is 12.7 Å². The third kappa shape index (κ3) is 1.79. The van der Waals surface area contributed by atoms with Gasteiger partial charge in [-0.3, -0.25) is 0 Å². The summed E-state index contributed by atoms with van der Waals surface area (Å²) in [5, 5.41) is 12.7. The lowest BCUT2D eigenvalue weighted by atomic mass is 9.92. The second kappa shape index (κ2) is 3.73. The molecule has 0 spiro atoms. The first kappa shape index (κ1) is 8.48. The summed E-state index contributed by atoms with van der Waals surface area (Å²) in [6.07, 6.45) is 3.22. The Labute approximate surface area is 73.1 Å². The molecule has 0 aliphatic carbocycles. The minimum absolute atomic E-state index is 0.128. The summed E-state index contributed by atoms with van der Waals surface area (Å²) in [5.74, 6) is 0.635. The number of hydrogen-bond donors (Lipinski definition) is 2. The van der Waals surface area contributed by atoms with E-state index in [0.717, 1.165) is 26.2 Å². The first-order chi connectivity index (χ1) is 5.86. The van der Waals surface area contributed by atoms with Gasteiger partial charge in [0.15, 0.2) is 0 Å². The van der Waals surface area contributed by atoms with E-state index >= 15 is 0 Å². The molecule has 0 saturated carbocycles. The molecule has 0 radical (unpaired) electrons. The largest absolute Gasteiger partial charge is 0.392 e. The zero-order valence-electron chi connectivity index (χ0n) is 7.33. The van der Waals surface area contributed by atoms with Gasteiger partial charge in [-0.05, 0) is 25.2 Å². The van der Waals surface area contributed by atoms with Gasteiger partial charge in [0.1, 0.15) is 0 Å². The van der Waals surface area contributed by atoms with Crippen LogP contribution in [0.3, 0.4) is 0 Å². The molecule has 2 saturated heterocycles. The molecule has 2 aliphatic heterocycles. The lowest BCUT2D eigenvalue weighted by Gasteiger charge is -2.27. The Hall–Kier alpha value is -0.120. The van der Waals surface area contributed by atoms with Crippen LogP contribution in [0.2, 0.25) is 0 Å². The van der Waals surface area contributed by atoms with Crippen molar-refractivity contribution in [2.24, 2.45) is 5.92 Å². The molecule has 2 fully saturated rings. The molecule has 3 nitrogen and oxygen atoms in total. The average molecular weight is 171 g/mol. The molecule has 3 atom stereocenters. The lowest BCUT2D eigenvalue weighted by molar-refractivity contribution is 0.0404. The molecule has 0 aromatic rings. The minimum atomic E-state index is -0.128. The summed E-state index contributed by atoms with van der Waals surface area (Å²) in [6, 6.07) is 0.500. The van der Waals surface area contributed by atoms with E-state index < -0.39 is 0 Å². The molecule has 2 heterocycles. The highest BCUT2D eigenvalue weighted by Gasteiger charge is 2.30. The molecule has 3 heteroatoms. The SMILES string of the molecule is OC1CNC(C2CCCOC2)C1. The summed E-state index contributed by atoms with van der Waals surface area (Å²) in [5.41, 5.74) is 0. The van der Waals surface area contributed by atoms with Crippen LogP contribution in [0, 0.1) is 5.92 Å². The zero-order valence-corrected chi connectivity index (χ0v) is 7.33. The van der Waals surface area contributed by atoms with Gasteiger partial charge < -0.3 is 15.2 Å². The van der Waals surface area contributed by atoms with Gasteiger partial charge in [-0.15, -0.1) is 0 Å². The van der Waals surface area contributed by atoms with Crippen molar-refractivity contribution in [3.63, 3.8) is 0 Å². The molecule has 2 aliphatic rings. The quantitative estimate of drug-likeness (QED) is 0.589. The van der Waals surface area contributed by atoms with Gasteiger partial charge in [-0.25, -0.2) is 0 Å². The van der Waals surface area contributed by atoms with Crippen molar-refractivity contribution in [3.8, 4) is 0 Å². The highest BCUT2D eigenvalue weighted by Crippen LogP contribution is 2.23. The molecular formula is C9H17NO2. The molecule has 0 aromatic heterocycles. The highest BCUT2D eigenvalue weighted by molar-refractivity contribution is 4.87. The van der Waals surface area contributed by atoms with E-state index in [2.05, 4.69) is 5.32 Å². The van der Waals surface area contributed by atoms with Crippen LogP contribution < -0.4 is 5.32 Å². The Morgan fingerprint density at radius 3 is 2.92 bits per heavy atom. The molecule has 2 rings (SSSR count). The molecule has 2 N–H and O–H groups in total. The van der Waals surface area contributed by atoms with Crippen LogP contribution in [-0.2, 0) is 4.74 Å². The Balaban J connectivity index is 1.83. The number of aliphatic hydroxyl groups excluding tert-OH is 1. The number of ether oxygens (including phenoxy) is 1. The third-order valence-corrected chi connectivity index (χ3v) is 2.91. The molecule has 0 amide bonds. The van der Waals surface area contributed by atoms with E-state index in [9.17, 15) is 5.11 Å². The Bertz CT molecular complexity index is 143. The zero-order chi connectivity index (χ0) is 8.39. The molecule has 0 aromatic carbocycles. The van der Waals surface area contributed by atoms with Crippen molar-refractivity contribution >= 4 is 0 Å². The summed E-state index contributed by atoms with van der Waals surface area (Å²) >= 11 is 0.